The van der Waals surface area contributed by atoms with Crippen LogP contribution in [0.25, 0.3) is 0 Å². The molecule has 0 bridgehead atoms. The van der Waals surface area contributed by atoms with Crippen LogP contribution in [0, 0.1) is 5.82 Å². The molecule has 108 valence electrons. The molecule has 1 aliphatic heterocycles. The van der Waals surface area contributed by atoms with Crippen LogP contribution in [0.4, 0.5) is 10.1 Å². The molecule has 1 heterocycles. The van der Waals surface area contributed by atoms with Crippen LogP contribution in [-0.2, 0) is 0 Å². The van der Waals surface area contributed by atoms with Crippen LogP contribution in [0.3, 0.4) is 0 Å². The fraction of sp³-hybridized carbons (Fsp3) is 0.235. The van der Waals surface area contributed by atoms with Crippen molar-refractivity contribution in [3.8, 4) is 5.75 Å². The molecule has 0 N–H and O–H groups in total. The van der Waals surface area contributed by atoms with E-state index in [-0.39, 0.29) is 5.82 Å². The van der Waals surface area contributed by atoms with Gasteiger partial charge in [-0.3, -0.25) is 0 Å². The maximum absolute atomic E-state index is 12.9. The highest BCUT2D eigenvalue weighted by atomic mass is 19.1. The summed E-state index contributed by atoms with van der Waals surface area (Å²) in [4.78, 5) is 14.5. The van der Waals surface area contributed by atoms with E-state index in [1.807, 2.05) is 18.2 Å². The first-order valence-electron chi connectivity index (χ1n) is 7.06. The number of hydrogen-bond acceptors (Lipinski definition) is 3. The van der Waals surface area contributed by atoms with Gasteiger partial charge in [-0.1, -0.05) is 12.1 Å². The Hall–Kier alpha value is -2.36. The Morgan fingerprint density at radius 1 is 1.00 bits per heavy atom. The van der Waals surface area contributed by atoms with Gasteiger partial charge in [0.1, 0.15) is 11.6 Å². The summed E-state index contributed by atoms with van der Waals surface area (Å²) in [6.07, 6.45) is 2.28. The first-order valence-corrected chi connectivity index (χ1v) is 7.06. The number of carbonyl (C=O) groups is 1. The van der Waals surface area contributed by atoms with Crippen LogP contribution in [0.2, 0.25) is 0 Å². The monoisotopic (exact) mass is 285 g/mol. The fourth-order valence-electron chi connectivity index (χ4n) is 2.54. The minimum absolute atomic E-state index is 0.345. The summed E-state index contributed by atoms with van der Waals surface area (Å²) in [7, 11) is 0. The topological polar surface area (TPSA) is 29.5 Å². The van der Waals surface area contributed by atoms with E-state index in [4.69, 9.17) is 4.74 Å². The fourth-order valence-corrected chi connectivity index (χ4v) is 2.54. The molecule has 0 aliphatic carbocycles. The summed E-state index contributed by atoms with van der Waals surface area (Å²) in [6, 6.07) is 12.9. The predicted molar refractivity (Wildman–Crippen MR) is 79.2 cm³/mol. The van der Waals surface area contributed by atoms with Gasteiger partial charge in [0.2, 0.25) is 0 Å². The molecule has 0 saturated carbocycles. The average molecular weight is 285 g/mol. The molecule has 1 fully saturated rings. The molecule has 0 spiro atoms. The second-order valence-electron chi connectivity index (χ2n) is 5.05. The summed E-state index contributed by atoms with van der Waals surface area (Å²) in [5.74, 6) is -0.422. The molecule has 4 heteroatoms. The van der Waals surface area contributed by atoms with E-state index in [1.165, 1.54) is 24.3 Å². The van der Waals surface area contributed by atoms with Crippen molar-refractivity contribution in [2.45, 2.75) is 12.8 Å². The Bertz CT molecular complexity index is 633. The number of benzene rings is 2. The van der Waals surface area contributed by atoms with E-state index >= 15 is 0 Å². The average Bonchev–Trinajstić information content (AvgIpc) is 3.04. The molecule has 0 aromatic heterocycles. The minimum Gasteiger partial charge on any atom is -0.423 e. The summed E-state index contributed by atoms with van der Waals surface area (Å²) >= 11 is 0. The molecule has 1 aliphatic rings. The van der Waals surface area contributed by atoms with Crippen LogP contribution < -0.4 is 9.64 Å². The molecule has 0 atom stereocenters. The Morgan fingerprint density at radius 2 is 1.67 bits per heavy atom. The molecule has 0 unspecified atom stereocenters. The van der Waals surface area contributed by atoms with E-state index in [0.29, 0.717) is 11.3 Å². The summed E-state index contributed by atoms with van der Waals surface area (Å²) in [6.45, 7) is 1.92. The molecule has 3 nitrogen and oxygen atoms in total. The van der Waals surface area contributed by atoms with Gasteiger partial charge in [0.25, 0.3) is 0 Å². The Kier molecular flexibility index (Phi) is 3.86. The van der Waals surface area contributed by atoms with Crippen LogP contribution in [0.1, 0.15) is 23.2 Å². The number of halogens is 1. The highest BCUT2D eigenvalue weighted by Gasteiger charge is 2.20. The number of nitrogens with zero attached hydrogens (tertiary/aromatic N) is 1. The van der Waals surface area contributed by atoms with Gasteiger partial charge in [-0.05, 0) is 49.2 Å². The highest BCUT2D eigenvalue weighted by Crippen LogP contribution is 2.25. The van der Waals surface area contributed by atoms with Gasteiger partial charge < -0.3 is 9.64 Å². The normalized spacial score (nSPS) is 14.2. The summed E-state index contributed by atoms with van der Waals surface area (Å²) in [5, 5.41) is 0. The molecule has 3 rings (SSSR count). The number of para-hydroxylation sites is 1. The van der Waals surface area contributed by atoms with E-state index in [9.17, 15) is 9.18 Å². The standard InChI is InChI=1S/C17H16FNO2/c18-13-7-9-14(10-8-13)21-17(20)15-5-1-2-6-16(15)19-11-3-4-12-19/h1-2,5-10H,3-4,11-12H2. The van der Waals surface area contributed by atoms with Crippen molar-refractivity contribution in [1.29, 1.82) is 0 Å². The molecule has 0 amide bonds. The Labute approximate surface area is 123 Å². The first-order chi connectivity index (χ1) is 10.2. The van der Waals surface area contributed by atoms with Crippen molar-refractivity contribution in [1.82, 2.24) is 0 Å². The van der Waals surface area contributed by atoms with Gasteiger partial charge >= 0.3 is 5.97 Å². The molecular formula is C17H16FNO2. The second-order valence-corrected chi connectivity index (χ2v) is 5.05. The van der Waals surface area contributed by atoms with Crippen molar-refractivity contribution >= 4 is 11.7 Å². The van der Waals surface area contributed by atoms with E-state index in [2.05, 4.69) is 4.90 Å². The number of carbonyl (C=O) groups excluding carboxylic acids is 1. The van der Waals surface area contributed by atoms with Crippen LogP contribution in [-0.4, -0.2) is 19.1 Å². The van der Waals surface area contributed by atoms with Crippen LogP contribution in [0.5, 0.6) is 5.75 Å². The number of anilines is 1. The molecule has 2 aromatic carbocycles. The lowest BCUT2D eigenvalue weighted by atomic mass is 10.1. The quantitative estimate of drug-likeness (QED) is 0.637. The van der Waals surface area contributed by atoms with Crippen molar-refractivity contribution in [3.05, 3.63) is 59.9 Å². The van der Waals surface area contributed by atoms with Gasteiger partial charge in [-0.25, -0.2) is 9.18 Å². The largest absolute Gasteiger partial charge is 0.423 e. The van der Waals surface area contributed by atoms with Crippen molar-refractivity contribution in [2.75, 3.05) is 18.0 Å². The maximum Gasteiger partial charge on any atom is 0.345 e. The van der Waals surface area contributed by atoms with Crippen LogP contribution >= 0.6 is 0 Å². The number of rotatable bonds is 3. The van der Waals surface area contributed by atoms with Gasteiger partial charge in [-0.15, -0.1) is 0 Å². The van der Waals surface area contributed by atoms with Gasteiger partial charge in [-0.2, -0.15) is 0 Å². The lowest BCUT2D eigenvalue weighted by Crippen LogP contribution is -2.22. The summed E-state index contributed by atoms with van der Waals surface area (Å²) in [5.41, 5.74) is 1.45. The lowest BCUT2D eigenvalue weighted by molar-refractivity contribution is 0.0735. The minimum atomic E-state index is -0.413. The predicted octanol–water partition coefficient (Wildman–Crippen LogP) is 3.65. The second kappa shape index (κ2) is 5.95. The third-order valence-electron chi connectivity index (χ3n) is 3.59. The zero-order valence-electron chi connectivity index (χ0n) is 11.6. The van der Waals surface area contributed by atoms with E-state index in [1.54, 1.807) is 6.07 Å². The highest BCUT2D eigenvalue weighted by molar-refractivity contribution is 5.97. The third-order valence-corrected chi connectivity index (χ3v) is 3.59. The van der Waals surface area contributed by atoms with Crippen molar-refractivity contribution in [2.24, 2.45) is 0 Å². The van der Waals surface area contributed by atoms with Gasteiger partial charge in [0, 0.05) is 13.1 Å². The lowest BCUT2D eigenvalue weighted by Gasteiger charge is -2.20. The van der Waals surface area contributed by atoms with Gasteiger partial charge in [0.15, 0.2) is 0 Å². The summed E-state index contributed by atoms with van der Waals surface area (Å²) < 4.78 is 18.2. The van der Waals surface area contributed by atoms with E-state index in [0.717, 1.165) is 31.6 Å². The Balaban J connectivity index is 1.82. The first kappa shape index (κ1) is 13.6. The molecule has 0 radical (unpaired) electrons. The smallest absolute Gasteiger partial charge is 0.345 e. The SMILES string of the molecule is O=C(Oc1ccc(F)cc1)c1ccccc1N1CCCC1. The number of ether oxygens (including phenoxy) is 1. The maximum atomic E-state index is 12.9. The zero-order chi connectivity index (χ0) is 14.7. The van der Waals surface area contributed by atoms with Crippen molar-refractivity contribution < 1.29 is 13.9 Å². The molecular weight excluding hydrogens is 269 g/mol. The Morgan fingerprint density at radius 3 is 2.38 bits per heavy atom. The number of esters is 1. The molecule has 21 heavy (non-hydrogen) atoms. The van der Waals surface area contributed by atoms with Gasteiger partial charge in [0.05, 0.1) is 11.3 Å². The van der Waals surface area contributed by atoms with Crippen LogP contribution in [0.15, 0.2) is 48.5 Å². The van der Waals surface area contributed by atoms with E-state index < -0.39 is 5.97 Å². The molecule has 2 aromatic rings. The number of hydrogen-bond donors (Lipinski definition) is 0. The third kappa shape index (κ3) is 3.05. The van der Waals surface area contributed by atoms with Crippen molar-refractivity contribution in [3.63, 3.8) is 0 Å². The molecule has 1 saturated heterocycles. The zero-order valence-corrected chi connectivity index (χ0v) is 11.6.